The fraction of sp³-hybridized carbons (Fsp3) is 0.286. The van der Waals surface area contributed by atoms with E-state index in [1.807, 2.05) is 24.3 Å². The molecule has 0 aliphatic rings. The van der Waals surface area contributed by atoms with E-state index in [1.165, 1.54) is 11.9 Å². The van der Waals surface area contributed by atoms with Crippen molar-refractivity contribution in [1.82, 2.24) is 15.0 Å². The van der Waals surface area contributed by atoms with Gasteiger partial charge in [-0.1, -0.05) is 19.1 Å². The quantitative estimate of drug-likeness (QED) is 0.625. The number of aromatic nitrogens is 2. The van der Waals surface area contributed by atoms with Gasteiger partial charge < -0.3 is 5.32 Å². The highest BCUT2D eigenvalue weighted by atomic mass is 16.6. The highest BCUT2D eigenvalue weighted by Gasteiger charge is 2.23. The Kier molecular flexibility index (Phi) is 4.84. The number of nitrogens with one attached hydrogen (secondary N) is 2. The first-order valence-electron chi connectivity index (χ1n) is 6.80. The third kappa shape index (κ3) is 3.67. The molecular weight excluding hydrogens is 284 g/mol. The highest BCUT2D eigenvalue weighted by molar-refractivity contribution is 5.73. The Morgan fingerprint density at radius 2 is 1.82 bits per heavy atom. The van der Waals surface area contributed by atoms with Crippen molar-refractivity contribution in [2.75, 3.05) is 24.8 Å². The average Bonchev–Trinajstić information content (AvgIpc) is 2.47. The maximum absolute atomic E-state index is 11.3. The van der Waals surface area contributed by atoms with E-state index >= 15 is 0 Å². The van der Waals surface area contributed by atoms with Crippen LogP contribution < -0.4 is 10.7 Å². The van der Waals surface area contributed by atoms with Gasteiger partial charge in [-0.15, -0.1) is 0 Å². The molecule has 2 N–H and O–H groups in total. The van der Waals surface area contributed by atoms with Crippen molar-refractivity contribution in [3.8, 4) is 0 Å². The monoisotopic (exact) mass is 302 g/mol. The SMILES string of the molecule is CCc1ccc(Nc2ncnc(NN(C)C)c2[N+](=O)[O-])cc1. The second-order valence-electron chi connectivity index (χ2n) is 4.86. The van der Waals surface area contributed by atoms with Crippen LogP contribution in [0.5, 0.6) is 0 Å². The molecule has 2 rings (SSSR count). The summed E-state index contributed by atoms with van der Waals surface area (Å²) < 4.78 is 0. The molecule has 0 aliphatic heterocycles. The zero-order valence-corrected chi connectivity index (χ0v) is 12.7. The van der Waals surface area contributed by atoms with Crippen molar-refractivity contribution in [3.05, 3.63) is 46.3 Å². The zero-order valence-electron chi connectivity index (χ0n) is 12.7. The topological polar surface area (TPSA) is 96.2 Å². The van der Waals surface area contributed by atoms with E-state index in [1.54, 1.807) is 19.1 Å². The molecule has 8 nitrogen and oxygen atoms in total. The largest absolute Gasteiger partial charge is 0.354 e. The number of hydrogen-bond donors (Lipinski definition) is 2. The van der Waals surface area contributed by atoms with Crippen molar-refractivity contribution in [3.63, 3.8) is 0 Å². The van der Waals surface area contributed by atoms with Gasteiger partial charge in [-0.2, -0.15) is 0 Å². The highest BCUT2D eigenvalue weighted by Crippen LogP contribution is 2.31. The van der Waals surface area contributed by atoms with E-state index in [0.29, 0.717) is 0 Å². The van der Waals surface area contributed by atoms with Gasteiger partial charge in [-0.25, -0.2) is 15.0 Å². The number of anilines is 3. The van der Waals surface area contributed by atoms with Gasteiger partial charge in [0.25, 0.3) is 0 Å². The van der Waals surface area contributed by atoms with Crippen molar-refractivity contribution in [2.24, 2.45) is 0 Å². The minimum atomic E-state index is -0.505. The van der Waals surface area contributed by atoms with Gasteiger partial charge in [0.05, 0.1) is 4.92 Å². The molecule has 0 bridgehead atoms. The summed E-state index contributed by atoms with van der Waals surface area (Å²) in [5.74, 6) is 0.284. The number of hydrogen-bond acceptors (Lipinski definition) is 7. The van der Waals surface area contributed by atoms with Gasteiger partial charge >= 0.3 is 5.69 Å². The molecule has 0 saturated heterocycles. The molecule has 0 aliphatic carbocycles. The average molecular weight is 302 g/mol. The van der Waals surface area contributed by atoms with Gasteiger partial charge in [0.1, 0.15) is 6.33 Å². The minimum Gasteiger partial charge on any atom is -0.334 e. The molecule has 0 saturated carbocycles. The van der Waals surface area contributed by atoms with Gasteiger partial charge in [-0.3, -0.25) is 15.5 Å². The summed E-state index contributed by atoms with van der Waals surface area (Å²) in [6, 6.07) is 7.66. The summed E-state index contributed by atoms with van der Waals surface area (Å²) in [4.78, 5) is 18.7. The molecule has 116 valence electrons. The van der Waals surface area contributed by atoms with Crippen LogP contribution in [-0.4, -0.2) is 34.0 Å². The van der Waals surface area contributed by atoms with Crippen LogP contribution in [0, 0.1) is 10.1 Å². The molecule has 1 aromatic carbocycles. The predicted molar refractivity (Wildman–Crippen MR) is 85.1 cm³/mol. The predicted octanol–water partition coefficient (Wildman–Crippen LogP) is 2.58. The number of benzene rings is 1. The van der Waals surface area contributed by atoms with Crippen LogP contribution >= 0.6 is 0 Å². The van der Waals surface area contributed by atoms with Crippen LogP contribution in [0.2, 0.25) is 0 Å². The van der Waals surface area contributed by atoms with Crippen LogP contribution in [0.1, 0.15) is 12.5 Å². The molecule has 22 heavy (non-hydrogen) atoms. The van der Waals surface area contributed by atoms with E-state index in [0.717, 1.165) is 12.1 Å². The summed E-state index contributed by atoms with van der Waals surface area (Å²) in [5, 5.41) is 15.9. The normalized spacial score (nSPS) is 10.5. The van der Waals surface area contributed by atoms with E-state index in [9.17, 15) is 10.1 Å². The van der Waals surface area contributed by atoms with E-state index < -0.39 is 4.92 Å². The van der Waals surface area contributed by atoms with E-state index in [-0.39, 0.29) is 17.3 Å². The summed E-state index contributed by atoms with van der Waals surface area (Å²) in [6.45, 7) is 2.07. The van der Waals surface area contributed by atoms with Gasteiger partial charge in [0.15, 0.2) is 0 Å². The lowest BCUT2D eigenvalue weighted by molar-refractivity contribution is -0.383. The molecule has 0 atom stereocenters. The summed E-state index contributed by atoms with van der Waals surface area (Å²) in [6.07, 6.45) is 2.21. The Balaban J connectivity index is 2.34. The standard InChI is InChI=1S/C14H18N6O2/c1-4-10-5-7-11(8-6-10)17-13-12(20(21)22)14(16-9-15-13)18-19(2)3/h5-9H,4H2,1-3H3,(H2,15,16,17,18). The molecular formula is C14H18N6O2. The van der Waals surface area contributed by atoms with Crippen molar-refractivity contribution in [2.45, 2.75) is 13.3 Å². The van der Waals surface area contributed by atoms with Gasteiger partial charge in [0, 0.05) is 19.8 Å². The second kappa shape index (κ2) is 6.81. The fourth-order valence-corrected chi connectivity index (χ4v) is 1.90. The van der Waals surface area contributed by atoms with E-state index in [4.69, 9.17) is 0 Å². The Morgan fingerprint density at radius 1 is 1.18 bits per heavy atom. The molecule has 0 unspecified atom stereocenters. The Morgan fingerprint density at radius 3 is 2.36 bits per heavy atom. The lowest BCUT2D eigenvalue weighted by atomic mass is 10.1. The Bertz CT molecular complexity index is 657. The van der Waals surface area contributed by atoms with Crippen LogP contribution in [0.4, 0.5) is 23.0 Å². The summed E-state index contributed by atoms with van der Waals surface area (Å²) in [7, 11) is 3.45. The molecule has 1 heterocycles. The van der Waals surface area contributed by atoms with Crippen LogP contribution in [0.15, 0.2) is 30.6 Å². The maximum Gasteiger partial charge on any atom is 0.354 e. The number of rotatable bonds is 6. The minimum absolute atomic E-state index is 0.137. The van der Waals surface area contributed by atoms with Crippen molar-refractivity contribution < 1.29 is 4.92 Å². The molecule has 0 fully saturated rings. The lowest BCUT2D eigenvalue weighted by Gasteiger charge is -2.14. The Labute approximate surface area is 128 Å². The fourth-order valence-electron chi connectivity index (χ4n) is 1.90. The van der Waals surface area contributed by atoms with Crippen molar-refractivity contribution in [1.29, 1.82) is 0 Å². The lowest BCUT2D eigenvalue weighted by Crippen LogP contribution is -2.21. The van der Waals surface area contributed by atoms with Crippen LogP contribution in [0.25, 0.3) is 0 Å². The van der Waals surface area contributed by atoms with E-state index in [2.05, 4.69) is 27.6 Å². The van der Waals surface area contributed by atoms with Crippen LogP contribution in [-0.2, 0) is 6.42 Å². The van der Waals surface area contributed by atoms with Crippen LogP contribution in [0.3, 0.4) is 0 Å². The molecule has 0 amide bonds. The smallest absolute Gasteiger partial charge is 0.334 e. The first-order chi connectivity index (χ1) is 10.5. The molecule has 0 radical (unpaired) electrons. The third-order valence-corrected chi connectivity index (χ3v) is 2.96. The number of hydrazine groups is 1. The van der Waals surface area contributed by atoms with Crippen molar-refractivity contribution >= 4 is 23.0 Å². The zero-order chi connectivity index (χ0) is 16.1. The summed E-state index contributed by atoms with van der Waals surface area (Å²) in [5.41, 5.74) is 4.52. The van der Waals surface area contributed by atoms with Gasteiger partial charge in [0.2, 0.25) is 11.6 Å². The molecule has 8 heteroatoms. The number of nitrogens with zero attached hydrogens (tertiary/aromatic N) is 4. The molecule has 0 spiro atoms. The Hall–Kier alpha value is -2.74. The number of nitro groups is 1. The third-order valence-electron chi connectivity index (χ3n) is 2.96. The molecule has 2 aromatic rings. The maximum atomic E-state index is 11.3. The second-order valence-corrected chi connectivity index (χ2v) is 4.86. The first kappa shape index (κ1) is 15.6. The first-order valence-corrected chi connectivity index (χ1v) is 6.80. The summed E-state index contributed by atoms with van der Waals surface area (Å²) >= 11 is 0. The van der Waals surface area contributed by atoms with Gasteiger partial charge in [-0.05, 0) is 24.1 Å². The number of aryl methyl sites for hydroxylation is 1. The molecule has 1 aromatic heterocycles.